The van der Waals surface area contributed by atoms with Gasteiger partial charge in [0.25, 0.3) is 0 Å². The SMILES string of the molecule is Cc1nnc(NC(=O)CN2CCC3CCC(C2)N3)o1. The molecule has 0 spiro atoms. The normalized spacial score (nSPS) is 27.2. The molecule has 3 rings (SSSR count). The van der Waals surface area contributed by atoms with Crippen LogP contribution in [0.4, 0.5) is 6.01 Å². The van der Waals surface area contributed by atoms with Crippen molar-refractivity contribution in [3.63, 3.8) is 0 Å². The van der Waals surface area contributed by atoms with Crippen molar-refractivity contribution in [1.29, 1.82) is 0 Å². The summed E-state index contributed by atoms with van der Waals surface area (Å²) < 4.78 is 5.13. The highest BCUT2D eigenvalue weighted by Gasteiger charge is 2.29. The quantitative estimate of drug-likeness (QED) is 0.809. The van der Waals surface area contributed by atoms with Gasteiger partial charge in [-0.2, -0.15) is 0 Å². The second kappa shape index (κ2) is 5.26. The van der Waals surface area contributed by atoms with Gasteiger partial charge in [-0.1, -0.05) is 5.10 Å². The molecule has 2 saturated heterocycles. The number of nitrogens with one attached hydrogen (secondary N) is 2. The number of carbonyl (C=O) groups is 1. The lowest BCUT2D eigenvalue weighted by Gasteiger charge is -2.22. The van der Waals surface area contributed by atoms with Crippen LogP contribution in [0.1, 0.15) is 25.2 Å². The van der Waals surface area contributed by atoms with E-state index in [4.69, 9.17) is 4.42 Å². The van der Waals surface area contributed by atoms with Crippen molar-refractivity contribution in [3.8, 4) is 0 Å². The zero-order chi connectivity index (χ0) is 13.2. The van der Waals surface area contributed by atoms with Gasteiger partial charge in [0.05, 0.1) is 6.54 Å². The van der Waals surface area contributed by atoms with Crippen molar-refractivity contribution in [2.24, 2.45) is 0 Å². The highest BCUT2D eigenvalue weighted by molar-refractivity contribution is 5.90. The molecular formula is C12H19N5O2. The lowest BCUT2D eigenvalue weighted by Crippen LogP contribution is -2.39. The standard InChI is InChI=1S/C12H19N5O2/c1-8-15-16-12(19-8)14-11(18)7-17-5-4-9-2-3-10(6-17)13-9/h9-10,13H,2-7H2,1H3,(H,14,16,18). The molecule has 1 aromatic rings. The Bertz CT molecular complexity index is 461. The van der Waals surface area contributed by atoms with E-state index in [1.54, 1.807) is 6.92 Å². The first-order chi connectivity index (χ1) is 9.19. The molecule has 7 heteroatoms. The molecule has 0 saturated carbocycles. The number of carbonyl (C=O) groups excluding carboxylic acids is 1. The Labute approximate surface area is 111 Å². The van der Waals surface area contributed by atoms with Crippen LogP contribution in [0.15, 0.2) is 4.42 Å². The summed E-state index contributed by atoms with van der Waals surface area (Å²) in [5, 5.41) is 13.7. The van der Waals surface area contributed by atoms with Crippen LogP contribution in [0.25, 0.3) is 0 Å². The van der Waals surface area contributed by atoms with E-state index in [2.05, 4.69) is 25.7 Å². The van der Waals surface area contributed by atoms with Gasteiger partial charge in [-0.05, 0) is 19.3 Å². The Balaban J connectivity index is 1.51. The first-order valence-electron chi connectivity index (χ1n) is 6.77. The number of aryl methyl sites for hydroxylation is 1. The van der Waals surface area contributed by atoms with Crippen LogP contribution in [-0.2, 0) is 4.79 Å². The molecule has 0 aromatic carbocycles. The summed E-state index contributed by atoms with van der Waals surface area (Å²) in [4.78, 5) is 14.1. The van der Waals surface area contributed by atoms with Gasteiger partial charge in [0.1, 0.15) is 0 Å². The third-order valence-electron chi connectivity index (χ3n) is 3.75. The first-order valence-corrected chi connectivity index (χ1v) is 6.77. The number of nitrogens with zero attached hydrogens (tertiary/aromatic N) is 3. The molecular weight excluding hydrogens is 246 g/mol. The molecule has 2 fully saturated rings. The van der Waals surface area contributed by atoms with Gasteiger partial charge in [-0.3, -0.25) is 15.0 Å². The smallest absolute Gasteiger partial charge is 0.322 e. The molecule has 0 radical (unpaired) electrons. The Morgan fingerprint density at radius 1 is 1.42 bits per heavy atom. The van der Waals surface area contributed by atoms with Crippen molar-refractivity contribution >= 4 is 11.9 Å². The predicted molar refractivity (Wildman–Crippen MR) is 68.7 cm³/mol. The Hall–Kier alpha value is -1.47. The summed E-state index contributed by atoms with van der Waals surface area (Å²) in [5.74, 6) is 0.355. The van der Waals surface area contributed by atoms with Crippen molar-refractivity contribution in [1.82, 2.24) is 20.4 Å². The minimum atomic E-state index is -0.0959. The van der Waals surface area contributed by atoms with Crippen molar-refractivity contribution < 1.29 is 9.21 Å². The highest BCUT2D eigenvalue weighted by Crippen LogP contribution is 2.20. The number of amides is 1. The number of likely N-dealkylation sites (tertiary alicyclic amines) is 1. The molecule has 2 unspecified atom stereocenters. The van der Waals surface area contributed by atoms with E-state index in [1.807, 2.05) is 0 Å². The second-order valence-corrected chi connectivity index (χ2v) is 5.34. The van der Waals surface area contributed by atoms with Crippen molar-refractivity contribution in [3.05, 3.63) is 5.89 Å². The summed E-state index contributed by atoms with van der Waals surface area (Å²) in [7, 11) is 0. The van der Waals surface area contributed by atoms with Gasteiger partial charge in [0.15, 0.2) is 0 Å². The molecule has 7 nitrogen and oxygen atoms in total. The fourth-order valence-corrected chi connectivity index (χ4v) is 2.87. The third kappa shape index (κ3) is 3.10. The minimum Gasteiger partial charge on any atom is -0.408 e. The molecule has 2 N–H and O–H groups in total. The maximum Gasteiger partial charge on any atom is 0.322 e. The summed E-state index contributed by atoms with van der Waals surface area (Å²) >= 11 is 0. The van der Waals surface area contributed by atoms with E-state index in [0.717, 1.165) is 19.5 Å². The molecule has 2 aliphatic heterocycles. The zero-order valence-corrected chi connectivity index (χ0v) is 11.1. The van der Waals surface area contributed by atoms with Gasteiger partial charge in [-0.15, -0.1) is 5.10 Å². The lowest BCUT2D eigenvalue weighted by atomic mass is 10.1. The van der Waals surface area contributed by atoms with E-state index in [0.29, 0.717) is 24.5 Å². The molecule has 0 aliphatic carbocycles. The number of hydrogen-bond donors (Lipinski definition) is 2. The van der Waals surface area contributed by atoms with Crippen LogP contribution >= 0.6 is 0 Å². The minimum absolute atomic E-state index is 0.0959. The Morgan fingerprint density at radius 2 is 2.26 bits per heavy atom. The summed E-state index contributed by atoms with van der Waals surface area (Å²) in [6.45, 7) is 3.98. The zero-order valence-electron chi connectivity index (χ0n) is 11.1. The van der Waals surface area contributed by atoms with Gasteiger partial charge in [0.2, 0.25) is 11.8 Å². The average Bonchev–Trinajstić information content (AvgIpc) is 2.89. The van der Waals surface area contributed by atoms with E-state index >= 15 is 0 Å². The van der Waals surface area contributed by atoms with Crippen molar-refractivity contribution in [2.45, 2.75) is 38.3 Å². The summed E-state index contributed by atoms with van der Waals surface area (Å²) in [6, 6.07) is 1.35. The van der Waals surface area contributed by atoms with Crippen LogP contribution in [0, 0.1) is 6.92 Å². The van der Waals surface area contributed by atoms with Gasteiger partial charge >= 0.3 is 6.01 Å². The summed E-state index contributed by atoms with van der Waals surface area (Å²) in [5.41, 5.74) is 0. The molecule has 3 heterocycles. The molecule has 2 bridgehead atoms. The van der Waals surface area contributed by atoms with E-state index in [9.17, 15) is 4.79 Å². The fourth-order valence-electron chi connectivity index (χ4n) is 2.87. The lowest BCUT2D eigenvalue weighted by molar-refractivity contribution is -0.117. The molecule has 19 heavy (non-hydrogen) atoms. The third-order valence-corrected chi connectivity index (χ3v) is 3.75. The number of aromatic nitrogens is 2. The Kier molecular flexibility index (Phi) is 3.48. The maximum atomic E-state index is 11.9. The molecule has 104 valence electrons. The molecule has 1 aromatic heterocycles. The maximum absolute atomic E-state index is 11.9. The number of anilines is 1. The first kappa shape index (κ1) is 12.6. The molecule has 2 aliphatic rings. The highest BCUT2D eigenvalue weighted by atomic mass is 16.4. The number of fused-ring (bicyclic) bond motifs is 2. The van der Waals surface area contributed by atoms with Crippen LogP contribution in [-0.4, -0.2) is 52.7 Å². The predicted octanol–water partition coefficient (Wildman–Crippen LogP) is 0.143. The van der Waals surface area contributed by atoms with Gasteiger partial charge < -0.3 is 9.73 Å². The number of rotatable bonds is 3. The van der Waals surface area contributed by atoms with Crippen LogP contribution in [0.5, 0.6) is 0 Å². The van der Waals surface area contributed by atoms with E-state index in [1.165, 1.54) is 12.8 Å². The Morgan fingerprint density at radius 3 is 3.05 bits per heavy atom. The largest absolute Gasteiger partial charge is 0.408 e. The molecule has 2 atom stereocenters. The van der Waals surface area contributed by atoms with Crippen LogP contribution in [0.3, 0.4) is 0 Å². The van der Waals surface area contributed by atoms with E-state index < -0.39 is 0 Å². The van der Waals surface area contributed by atoms with Crippen LogP contribution < -0.4 is 10.6 Å². The van der Waals surface area contributed by atoms with Gasteiger partial charge in [0, 0.05) is 32.1 Å². The number of hydrogen-bond acceptors (Lipinski definition) is 6. The van der Waals surface area contributed by atoms with Gasteiger partial charge in [-0.25, -0.2) is 0 Å². The molecule has 1 amide bonds. The average molecular weight is 265 g/mol. The van der Waals surface area contributed by atoms with Crippen molar-refractivity contribution in [2.75, 3.05) is 25.0 Å². The topological polar surface area (TPSA) is 83.3 Å². The second-order valence-electron chi connectivity index (χ2n) is 5.34. The monoisotopic (exact) mass is 265 g/mol. The fraction of sp³-hybridized carbons (Fsp3) is 0.750. The van der Waals surface area contributed by atoms with E-state index in [-0.39, 0.29) is 11.9 Å². The summed E-state index contributed by atoms with van der Waals surface area (Å²) in [6.07, 6.45) is 3.60. The van der Waals surface area contributed by atoms with Crippen LogP contribution in [0.2, 0.25) is 0 Å².